The number of aliphatic imine (C=N–C) groups is 2. The van der Waals surface area contributed by atoms with Gasteiger partial charge >= 0.3 is 0 Å². The van der Waals surface area contributed by atoms with E-state index in [-0.39, 0.29) is 17.7 Å². The average molecular weight is 449 g/mol. The summed E-state index contributed by atoms with van der Waals surface area (Å²) in [7, 11) is 0. The van der Waals surface area contributed by atoms with E-state index in [1.165, 1.54) is 11.8 Å². The Bertz CT molecular complexity index is 1120. The smallest absolute Gasteiger partial charge is 0.259 e. The topological polar surface area (TPSA) is 74.1 Å². The molecule has 0 saturated heterocycles. The Balaban J connectivity index is 1.65. The molecule has 0 aliphatic carbocycles. The summed E-state index contributed by atoms with van der Waals surface area (Å²) in [5.41, 5.74) is 4.50. The maximum atomic E-state index is 13.2. The van der Waals surface area contributed by atoms with E-state index in [4.69, 9.17) is 9.98 Å². The second-order valence-electron chi connectivity index (χ2n) is 8.50. The molecular formula is C25H28N4O2S. The van der Waals surface area contributed by atoms with E-state index in [2.05, 4.69) is 5.32 Å². The third-order valence-electron chi connectivity index (χ3n) is 5.77. The van der Waals surface area contributed by atoms with E-state index in [0.29, 0.717) is 17.4 Å². The fraction of sp³-hybridized carbons (Fsp3) is 0.360. The van der Waals surface area contributed by atoms with Gasteiger partial charge in [-0.25, -0.2) is 9.89 Å². The molecule has 2 aromatic rings. The van der Waals surface area contributed by atoms with Crippen LogP contribution in [0, 0.1) is 19.8 Å². The van der Waals surface area contributed by atoms with Gasteiger partial charge in [-0.05, 0) is 49.4 Å². The van der Waals surface area contributed by atoms with Gasteiger partial charge < -0.3 is 5.32 Å². The Morgan fingerprint density at radius 3 is 2.47 bits per heavy atom. The molecule has 2 aromatic carbocycles. The summed E-state index contributed by atoms with van der Waals surface area (Å²) < 4.78 is 0. The largest absolute Gasteiger partial charge is 0.325 e. The highest BCUT2D eigenvalue weighted by Gasteiger charge is 2.43. The van der Waals surface area contributed by atoms with Crippen molar-refractivity contribution in [1.29, 1.82) is 0 Å². The number of rotatable bonds is 5. The molecule has 0 spiro atoms. The molecule has 0 aromatic heterocycles. The lowest BCUT2D eigenvalue weighted by Crippen LogP contribution is -2.43. The summed E-state index contributed by atoms with van der Waals surface area (Å²) in [6.45, 7) is 9.92. The van der Waals surface area contributed by atoms with Crippen LogP contribution in [0.4, 0.5) is 11.4 Å². The number of fused-ring (bicyclic) bond motifs is 3. The molecule has 2 aliphatic rings. The first-order chi connectivity index (χ1) is 15.3. The number of benzene rings is 2. The Kier molecular flexibility index (Phi) is 6.20. The lowest BCUT2D eigenvalue weighted by Gasteiger charge is -2.27. The molecule has 32 heavy (non-hydrogen) atoms. The zero-order chi connectivity index (χ0) is 23.0. The van der Waals surface area contributed by atoms with Crippen LogP contribution in [0.1, 0.15) is 43.9 Å². The van der Waals surface area contributed by atoms with E-state index in [1.807, 2.05) is 77.1 Å². The van der Waals surface area contributed by atoms with E-state index in [9.17, 15) is 9.59 Å². The van der Waals surface area contributed by atoms with Gasteiger partial charge in [0.15, 0.2) is 5.17 Å². The number of carbonyl (C=O) groups is 2. The van der Waals surface area contributed by atoms with Crippen molar-refractivity contribution in [2.24, 2.45) is 15.9 Å². The quantitative estimate of drug-likeness (QED) is 0.694. The molecular weight excluding hydrogens is 420 g/mol. The number of amides is 2. The third kappa shape index (κ3) is 3.97. The minimum absolute atomic E-state index is 0.0771. The number of amidine groups is 2. The highest BCUT2D eigenvalue weighted by molar-refractivity contribution is 8.15. The molecule has 2 amide bonds. The number of nitrogens with one attached hydrogen (secondary N) is 1. The van der Waals surface area contributed by atoms with Gasteiger partial charge in [0, 0.05) is 11.3 Å². The fourth-order valence-corrected chi connectivity index (χ4v) is 4.97. The van der Waals surface area contributed by atoms with Crippen molar-refractivity contribution >= 4 is 46.0 Å². The first-order valence-electron chi connectivity index (χ1n) is 11.0. The van der Waals surface area contributed by atoms with Crippen molar-refractivity contribution in [3.8, 4) is 0 Å². The summed E-state index contributed by atoms with van der Waals surface area (Å²) in [4.78, 5) is 37.6. The molecule has 2 atom stereocenters. The first kappa shape index (κ1) is 22.3. The predicted octanol–water partition coefficient (Wildman–Crippen LogP) is 5.07. The standard InChI is InChI=1S/C25H28N4O2S/c1-6-19(23(30)28-21-15(4)10-9-11-16(21)5)32-25-26-18-13-8-7-12-17(18)22-27-20(14(2)3)24(31)29(22)25/h7-14,19-20H,6H2,1-5H3,(H,28,30)/t19-,20-/m0/s1. The van der Waals surface area contributed by atoms with E-state index < -0.39 is 11.3 Å². The molecule has 0 radical (unpaired) electrons. The molecule has 0 bridgehead atoms. The minimum atomic E-state index is -0.439. The van der Waals surface area contributed by atoms with Crippen LogP contribution < -0.4 is 5.32 Å². The van der Waals surface area contributed by atoms with E-state index >= 15 is 0 Å². The fourth-order valence-electron chi connectivity index (χ4n) is 3.95. The van der Waals surface area contributed by atoms with Crippen LogP contribution in [-0.4, -0.2) is 39.0 Å². The average Bonchev–Trinajstić information content (AvgIpc) is 3.12. The van der Waals surface area contributed by atoms with Gasteiger partial charge in [-0.2, -0.15) is 0 Å². The predicted molar refractivity (Wildman–Crippen MR) is 132 cm³/mol. The minimum Gasteiger partial charge on any atom is -0.325 e. The van der Waals surface area contributed by atoms with Gasteiger partial charge in [-0.1, -0.05) is 62.9 Å². The Morgan fingerprint density at radius 1 is 1.12 bits per heavy atom. The van der Waals surface area contributed by atoms with Gasteiger partial charge in [-0.15, -0.1) is 0 Å². The van der Waals surface area contributed by atoms with Crippen LogP contribution in [0.25, 0.3) is 0 Å². The normalized spacial score (nSPS) is 18.1. The van der Waals surface area contributed by atoms with Crippen LogP contribution in [0.2, 0.25) is 0 Å². The first-order valence-corrected chi connectivity index (χ1v) is 11.8. The number of anilines is 1. The number of para-hydroxylation sites is 2. The van der Waals surface area contributed by atoms with Crippen molar-refractivity contribution in [2.45, 2.75) is 52.3 Å². The van der Waals surface area contributed by atoms with Crippen LogP contribution >= 0.6 is 11.8 Å². The summed E-state index contributed by atoms with van der Waals surface area (Å²) >= 11 is 1.32. The Hall–Kier alpha value is -2.93. The molecule has 2 heterocycles. The number of carbonyl (C=O) groups excluding carboxylic acids is 2. The number of hydrogen-bond acceptors (Lipinski definition) is 5. The van der Waals surface area contributed by atoms with Gasteiger partial charge in [0.2, 0.25) is 5.91 Å². The van der Waals surface area contributed by atoms with Crippen molar-refractivity contribution < 1.29 is 9.59 Å². The van der Waals surface area contributed by atoms with Crippen LogP contribution in [0.5, 0.6) is 0 Å². The van der Waals surface area contributed by atoms with E-state index in [0.717, 1.165) is 28.1 Å². The van der Waals surface area contributed by atoms with Crippen molar-refractivity contribution in [3.63, 3.8) is 0 Å². The maximum Gasteiger partial charge on any atom is 0.259 e. The Morgan fingerprint density at radius 2 is 1.81 bits per heavy atom. The molecule has 0 unspecified atom stereocenters. The van der Waals surface area contributed by atoms with Crippen LogP contribution in [0.15, 0.2) is 52.4 Å². The number of thioether (sulfide) groups is 1. The monoisotopic (exact) mass is 448 g/mol. The lowest BCUT2D eigenvalue weighted by molar-refractivity contribution is -0.125. The second-order valence-corrected chi connectivity index (χ2v) is 9.67. The van der Waals surface area contributed by atoms with Crippen LogP contribution in [-0.2, 0) is 9.59 Å². The summed E-state index contributed by atoms with van der Waals surface area (Å²) in [6.07, 6.45) is 0.601. The zero-order valence-corrected chi connectivity index (χ0v) is 19.9. The zero-order valence-electron chi connectivity index (χ0n) is 19.0. The summed E-state index contributed by atoms with van der Waals surface area (Å²) in [5, 5.41) is 3.20. The van der Waals surface area contributed by atoms with Crippen molar-refractivity contribution in [2.75, 3.05) is 5.32 Å². The van der Waals surface area contributed by atoms with Gasteiger partial charge in [0.25, 0.3) is 5.91 Å². The lowest BCUT2D eigenvalue weighted by atomic mass is 10.1. The second kappa shape index (κ2) is 8.90. The SMILES string of the molecule is CC[C@H](SC1=Nc2ccccc2C2=N[C@@H](C(C)C)C(=O)N12)C(=O)Nc1c(C)cccc1C. The maximum absolute atomic E-state index is 13.2. The number of hydrogen-bond donors (Lipinski definition) is 1. The number of nitrogens with zero attached hydrogens (tertiary/aromatic N) is 3. The molecule has 6 nitrogen and oxygen atoms in total. The Labute approximate surface area is 193 Å². The highest BCUT2D eigenvalue weighted by atomic mass is 32.2. The molecule has 1 N–H and O–H groups in total. The third-order valence-corrected chi connectivity index (χ3v) is 7.09. The molecule has 4 rings (SSSR count). The van der Waals surface area contributed by atoms with Crippen LogP contribution in [0.3, 0.4) is 0 Å². The molecule has 0 fully saturated rings. The van der Waals surface area contributed by atoms with Gasteiger partial charge in [0.05, 0.1) is 10.9 Å². The molecule has 2 aliphatic heterocycles. The van der Waals surface area contributed by atoms with Gasteiger partial charge in [-0.3, -0.25) is 14.6 Å². The molecule has 7 heteroatoms. The summed E-state index contributed by atoms with van der Waals surface area (Å²) in [5.74, 6) is 0.530. The summed E-state index contributed by atoms with van der Waals surface area (Å²) in [6, 6.07) is 13.2. The highest BCUT2D eigenvalue weighted by Crippen LogP contribution is 2.36. The van der Waals surface area contributed by atoms with Gasteiger partial charge in [0.1, 0.15) is 11.9 Å². The van der Waals surface area contributed by atoms with Crippen molar-refractivity contribution in [3.05, 3.63) is 59.2 Å². The van der Waals surface area contributed by atoms with Crippen molar-refractivity contribution in [1.82, 2.24) is 4.90 Å². The number of aryl methyl sites for hydroxylation is 2. The molecule has 166 valence electrons. The van der Waals surface area contributed by atoms with E-state index in [1.54, 1.807) is 4.90 Å². The molecule has 0 saturated carbocycles.